The number of halogens is 1. The van der Waals surface area contributed by atoms with E-state index in [2.05, 4.69) is 25.3 Å². The maximum atomic E-state index is 13.6. The monoisotopic (exact) mass is 513 g/mol. The summed E-state index contributed by atoms with van der Waals surface area (Å²) < 4.78 is 21.1. The third-order valence-corrected chi connectivity index (χ3v) is 5.52. The molecule has 0 radical (unpaired) electrons. The minimum Gasteiger partial charge on any atom is -0.453 e. The molecule has 37 heavy (non-hydrogen) atoms. The van der Waals surface area contributed by atoms with Gasteiger partial charge < -0.3 is 24.8 Å². The van der Waals surface area contributed by atoms with Crippen LogP contribution in [0.1, 0.15) is 18.7 Å². The van der Waals surface area contributed by atoms with Gasteiger partial charge in [-0.2, -0.15) is 0 Å². The number of nitrogens with one attached hydrogen (secondary N) is 2. The van der Waals surface area contributed by atoms with E-state index in [9.17, 15) is 23.6 Å². The summed E-state index contributed by atoms with van der Waals surface area (Å²) in [4.78, 5) is 59.2. The topological polar surface area (TPSA) is 140 Å². The zero-order valence-electron chi connectivity index (χ0n) is 20.9. The fraction of sp³-hybridized carbons (Fsp3) is 0.333. The number of nitrogens with zero attached hydrogens (tertiary/aromatic N) is 5. The molecule has 12 nitrogen and oxygen atoms in total. The van der Waals surface area contributed by atoms with E-state index in [-0.39, 0.29) is 24.6 Å². The lowest BCUT2D eigenvalue weighted by atomic mass is 10.1. The molecule has 0 aliphatic rings. The number of rotatable bonds is 9. The molecule has 13 heteroatoms. The Labute approximate surface area is 211 Å². The first-order valence-corrected chi connectivity index (χ1v) is 11.3. The minimum absolute atomic E-state index is 0.0247. The first kappa shape index (κ1) is 27.0. The number of imidazole rings is 1. The highest BCUT2D eigenvalue weighted by molar-refractivity contribution is 5.96. The highest BCUT2D eigenvalue weighted by Crippen LogP contribution is 2.16. The number of alkyl carbamates (subject to hydrolysis) is 1. The number of benzene rings is 1. The molecule has 2 aromatic heterocycles. The van der Waals surface area contributed by atoms with Crippen molar-refractivity contribution in [3.63, 3.8) is 0 Å². The van der Waals surface area contributed by atoms with Gasteiger partial charge in [0, 0.05) is 27.2 Å². The van der Waals surface area contributed by atoms with Gasteiger partial charge in [-0.25, -0.2) is 19.2 Å². The molecule has 0 bridgehead atoms. The van der Waals surface area contributed by atoms with E-state index in [0.29, 0.717) is 23.3 Å². The van der Waals surface area contributed by atoms with Crippen molar-refractivity contribution in [2.24, 2.45) is 7.05 Å². The van der Waals surface area contributed by atoms with Gasteiger partial charge in [-0.15, -0.1) is 0 Å². The number of ether oxygens (including phenoxy) is 1. The van der Waals surface area contributed by atoms with Crippen LogP contribution in [0.5, 0.6) is 0 Å². The fourth-order valence-corrected chi connectivity index (χ4v) is 3.45. The Hall–Kier alpha value is -4.55. The molecule has 0 saturated carbocycles. The van der Waals surface area contributed by atoms with Crippen molar-refractivity contribution in [1.82, 2.24) is 29.3 Å². The average molecular weight is 514 g/mol. The number of amides is 3. The Bertz CT molecular complexity index is 1400. The van der Waals surface area contributed by atoms with Crippen LogP contribution in [0, 0.1) is 5.82 Å². The molecule has 0 saturated heterocycles. The number of carbonyl (C=O) groups is 3. The Kier molecular flexibility index (Phi) is 8.72. The van der Waals surface area contributed by atoms with Crippen LogP contribution in [-0.4, -0.2) is 69.2 Å². The molecular formula is C24H28FN7O5. The molecule has 0 fully saturated rings. The number of anilines is 1. The highest BCUT2D eigenvalue weighted by Gasteiger charge is 2.22. The normalized spacial score (nSPS) is 11.9. The quantitative estimate of drug-likeness (QED) is 0.412. The predicted octanol–water partition coefficient (Wildman–Crippen LogP) is 1.41. The number of carbonyl (C=O) groups excluding carboxylic acids is 3. The first-order chi connectivity index (χ1) is 17.6. The molecule has 2 heterocycles. The van der Waals surface area contributed by atoms with Gasteiger partial charge in [0.1, 0.15) is 23.4 Å². The Balaban J connectivity index is 1.76. The van der Waals surface area contributed by atoms with Gasteiger partial charge in [-0.1, -0.05) is 6.08 Å². The van der Waals surface area contributed by atoms with Crippen molar-refractivity contribution >= 4 is 34.6 Å². The maximum Gasteiger partial charge on any atom is 0.407 e. The second kappa shape index (κ2) is 11.9. The largest absolute Gasteiger partial charge is 0.453 e. The number of aryl methyl sites for hydroxylation is 1. The zero-order valence-corrected chi connectivity index (χ0v) is 20.9. The smallest absolute Gasteiger partial charge is 0.407 e. The van der Waals surface area contributed by atoms with E-state index in [1.165, 1.54) is 40.2 Å². The van der Waals surface area contributed by atoms with Crippen LogP contribution in [0.4, 0.5) is 14.9 Å². The second-order valence-corrected chi connectivity index (χ2v) is 8.35. The highest BCUT2D eigenvalue weighted by atomic mass is 19.1. The molecule has 1 unspecified atom stereocenters. The number of fused-ring (bicyclic) bond motifs is 1. The lowest BCUT2D eigenvalue weighted by molar-refractivity contribution is -0.123. The molecule has 0 aliphatic carbocycles. The zero-order chi connectivity index (χ0) is 27.1. The molecule has 3 aromatic rings. The van der Waals surface area contributed by atoms with Gasteiger partial charge in [-0.3, -0.25) is 19.0 Å². The summed E-state index contributed by atoms with van der Waals surface area (Å²) in [5.74, 6) is -0.816. The van der Waals surface area contributed by atoms with Gasteiger partial charge >= 0.3 is 6.09 Å². The molecule has 196 valence electrons. The van der Waals surface area contributed by atoms with E-state index in [4.69, 9.17) is 0 Å². The van der Waals surface area contributed by atoms with Crippen LogP contribution in [0.3, 0.4) is 0 Å². The lowest BCUT2D eigenvalue weighted by Crippen LogP contribution is -2.44. The molecule has 0 spiro atoms. The summed E-state index contributed by atoms with van der Waals surface area (Å²) in [5, 5.41) is 4.92. The van der Waals surface area contributed by atoms with Crippen molar-refractivity contribution in [2.45, 2.75) is 25.4 Å². The third kappa shape index (κ3) is 6.78. The summed E-state index contributed by atoms with van der Waals surface area (Å²) in [7, 11) is 6.13. The van der Waals surface area contributed by atoms with Gasteiger partial charge in [0.2, 0.25) is 11.8 Å². The van der Waals surface area contributed by atoms with Gasteiger partial charge in [0.05, 0.1) is 37.2 Å². The Morgan fingerprint density at radius 1 is 1.27 bits per heavy atom. The number of likely N-dealkylation sites (N-methyl/N-ethyl adjacent to an activating group) is 1. The molecular weight excluding hydrogens is 485 g/mol. The van der Waals surface area contributed by atoms with Crippen LogP contribution in [-0.2, 0) is 27.9 Å². The Morgan fingerprint density at radius 2 is 2.03 bits per heavy atom. The van der Waals surface area contributed by atoms with Crippen LogP contribution in [0.25, 0.3) is 11.0 Å². The lowest BCUT2D eigenvalue weighted by Gasteiger charge is -2.17. The number of methoxy groups -OCH3 is 1. The van der Waals surface area contributed by atoms with Crippen molar-refractivity contribution < 1.29 is 23.5 Å². The van der Waals surface area contributed by atoms with Gasteiger partial charge in [0.25, 0.3) is 5.56 Å². The first-order valence-electron chi connectivity index (χ1n) is 11.3. The maximum absolute atomic E-state index is 13.6. The Morgan fingerprint density at radius 3 is 2.73 bits per heavy atom. The number of allylic oxidation sites excluding steroid dienone is 1. The third-order valence-electron chi connectivity index (χ3n) is 5.52. The molecule has 3 amide bonds. The van der Waals surface area contributed by atoms with Crippen molar-refractivity contribution in [2.75, 3.05) is 26.5 Å². The minimum atomic E-state index is -1.05. The number of hydrogen-bond donors (Lipinski definition) is 2. The standard InChI is InChI=1S/C24H28FN7O5/c1-30(2)21(33)8-6-5-7-16(29-24(36)37-4)22(34)28-18-12-26-14-32(23(18)35)13-20-27-17-11-15(25)9-10-19(17)31(20)3/h6,8-12,14,16H,5,7,13H2,1-4H3,(H,28,34)(H,29,36)/b8-6+. The van der Waals surface area contributed by atoms with Crippen LogP contribution in [0.2, 0.25) is 0 Å². The van der Waals surface area contributed by atoms with E-state index < -0.39 is 29.4 Å². The van der Waals surface area contributed by atoms with E-state index in [1.807, 2.05) is 0 Å². The average Bonchev–Trinajstić information content (AvgIpc) is 3.16. The second-order valence-electron chi connectivity index (χ2n) is 8.35. The SMILES string of the molecule is COC(=O)NC(CC/C=C/C(=O)N(C)C)C(=O)Nc1cncn(Cc2nc3cc(F)ccc3n2C)c1=O. The molecule has 0 aliphatic heterocycles. The number of hydrogen-bond acceptors (Lipinski definition) is 7. The summed E-state index contributed by atoms with van der Waals surface area (Å²) in [6.07, 6.45) is 5.06. The number of aromatic nitrogens is 4. The van der Waals surface area contributed by atoms with E-state index in [0.717, 1.165) is 7.11 Å². The molecule has 2 N–H and O–H groups in total. The van der Waals surface area contributed by atoms with Crippen LogP contribution >= 0.6 is 0 Å². The summed E-state index contributed by atoms with van der Waals surface area (Å²) in [6.45, 7) is 0.0247. The van der Waals surface area contributed by atoms with Crippen LogP contribution < -0.4 is 16.2 Å². The summed E-state index contributed by atoms with van der Waals surface area (Å²) in [5.41, 5.74) is 0.489. The predicted molar refractivity (Wildman–Crippen MR) is 133 cm³/mol. The molecule has 3 rings (SSSR count). The van der Waals surface area contributed by atoms with E-state index >= 15 is 0 Å². The summed E-state index contributed by atoms with van der Waals surface area (Å²) >= 11 is 0. The van der Waals surface area contributed by atoms with E-state index in [1.54, 1.807) is 37.9 Å². The summed E-state index contributed by atoms with van der Waals surface area (Å²) in [6, 6.07) is 3.18. The van der Waals surface area contributed by atoms with Crippen molar-refractivity contribution in [3.05, 3.63) is 64.9 Å². The van der Waals surface area contributed by atoms with Gasteiger partial charge in [-0.05, 0) is 31.1 Å². The van der Waals surface area contributed by atoms with Gasteiger partial charge in [0.15, 0.2) is 0 Å². The molecule has 1 aromatic carbocycles. The van der Waals surface area contributed by atoms with Crippen LogP contribution in [0.15, 0.2) is 47.7 Å². The van der Waals surface area contributed by atoms with Crippen molar-refractivity contribution in [1.29, 1.82) is 0 Å². The fourth-order valence-electron chi connectivity index (χ4n) is 3.45. The molecule has 1 atom stereocenters. The van der Waals surface area contributed by atoms with Crippen molar-refractivity contribution in [3.8, 4) is 0 Å².